The van der Waals surface area contributed by atoms with Crippen molar-refractivity contribution in [2.45, 2.75) is 44.9 Å². The first kappa shape index (κ1) is 16.5. The largest absolute Gasteiger partial charge is 0.376 e. The molecule has 0 spiro atoms. The Bertz CT molecular complexity index is 491. The molecule has 3 rings (SSSR count). The number of piperazine rings is 1. The van der Waals surface area contributed by atoms with E-state index in [2.05, 4.69) is 38.8 Å². The van der Waals surface area contributed by atoms with Gasteiger partial charge in [0.05, 0.1) is 18.7 Å². The summed E-state index contributed by atoms with van der Waals surface area (Å²) in [7, 11) is 0. The molecular weight excluding hydrogens is 292 g/mol. The molecule has 1 aromatic heterocycles. The summed E-state index contributed by atoms with van der Waals surface area (Å²) in [5.74, 6) is 0.986. The third-order valence-electron chi connectivity index (χ3n) is 4.88. The Hall–Kier alpha value is -1.31. The van der Waals surface area contributed by atoms with E-state index in [1.807, 2.05) is 10.8 Å². The minimum atomic E-state index is 0.263. The lowest BCUT2D eigenvalue weighted by Crippen LogP contribution is -2.48. The van der Waals surface area contributed by atoms with Gasteiger partial charge in [0.25, 0.3) is 0 Å². The van der Waals surface area contributed by atoms with Crippen molar-refractivity contribution >= 4 is 0 Å². The van der Waals surface area contributed by atoms with Crippen LogP contribution in [0.5, 0.6) is 0 Å². The second kappa shape index (κ2) is 7.99. The van der Waals surface area contributed by atoms with Gasteiger partial charge in [0, 0.05) is 39.3 Å². The Balaban J connectivity index is 1.64. The van der Waals surface area contributed by atoms with E-state index < -0.39 is 0 Å². The highest BCUT2D eigenvalue weighted by Crippen LogP contribution is 2.24. The van der Waals surface area contributed by atoms with Gasteiger partial charge in [0.2, 0.25) is 0 Å². The van der Waals surface area contributed by atoms with Gasteiger partial charge in [-0.1, -0.05) is 13.0 Å². The fourth-order valence-corrected chi connectivity index (χ4v) is 3.61. The summed E-state index contributed by atoms with van der Waals surface area (Å²) in [6.45, 7) is 12.9. The van der Waals surface area contributed by atoms with E-state index in [0.29, 0.717) is 0 Å². The SMILES string of the molecule is C=CCN1CCN(C(CC)c2nnnn2CC2CCCO2)CC1. The van der Waals surface area contributed by atoms with Crippen LogP contribution in [-0.4, -0.2) is 75.4 Å². The average Bonchev–Trinajstić information content (AvgIpc) is 3.23. The van der Waals surface area contributed by atoms with E-state index in [-0.39, 0.29) is 12.1 Å². The molecule has 2 atom stereocenters. The number of hydrogen-bond acceptors (Lipinski definition) is 6. The van der Waals surface area contributed by atoms with Crippen molar-refractivity contribution in [1.82, 2.24) is 30.0 Å². The first-order valence-corrected chi connectivity index (χ1v) is 8.76. The van der Waals surface area contributed by atoms with Gasteiger partial charge in [0.1, 0.15) is 0 Å². The number of rotatable bonds is 7. The van der Waals surface area contributed by atoms with Gasteiger partial charge in [-0.15, -0.1) is 11.7 Å². The number of ether oxygens (including phenoxy) is 1. The summed E-state index contributed by atoms with van der Waals surface area (Å²) in [5.41, 5.74) is 0. The first-order valence-electron chi connectivity index (χ1n) is 8.76. The molecule has 0 saturated carbocycles. The molecule has 2 aliphatic heterocycles. The molecule has 0 aromatic carbocycles. The molecule has 7 nitrogen and oxygen atoms in total. The molecule has 3 heterocycles. The van der Waals surface area contributed by atoms with E-state index in [4.69, 9.17) is 4.74 Å². The second-order valence-electron chi connectivity index (χ2n) is 6.40. The van der Waals surface area contributed by atoms with Crippen LogP contribution in [0, 0.1) is 0 Å². The third kappa shape index (κ3) is 3.97. The minimum absolute atomic E-state index is 0.263. The molecule has 7 heteroatoms. The lowest BCUT2D eigenvalue weighted by Gasteiger charge is -2.38. The Morgan fingerprint density at radius 1 is 1.35 bits per heavy atom. The highest BCUT2D eigenvalue weighted by atomic mass is 16.5. The lowest BCUT2D eigenvalue weighted by atomic mass is 10.1. The van der Waals surface area contributed by atoms with Crippen LogP contribution in [0.25, 0.3) is 0 Å². The standard InChI is InChI=1S/C16H28N6O/c1-3-7-20-8-10-21(11-9-20)15(4-2)16-17-18-19-22(16)13-14-6-5-12-23-14/h3,14-15H,1,4-13H2,2H3. The van der Waals surface area contributed by atoms with Crippen LogP contribution in [0.4, 0.5) is 0 Å². The van der Waals surface area contributed by atoms with Gasteiger partial charge in [-0.25, -0.2) is 4.68 Å². The lowest BCUT2D eigenvalue weighted by molar-refractivity contribution is 0.0803. The fraction of sp³-hybridized carbons (Fsp3) is 0.812. The van der Waals surface area contributed by atoms with Crippen molar-refractivity contribution < 1.29 is 4.74 Å². The van der Waals surface area contributed by atoms with E-state index in [0.717, 1.165) is 71.0 Å². The first-order chi connectivity index (χ1) is 11.3. The highest BCUT2D eigenvalue weighted by molar-refractivity contribution is 4.95. The van der Waals surface area contributed by atoms with Gasteiger partial charge in [-0.2, -0.15) is 0 Å². The zero-order chi connectivity index (χ0) is 16.1. The molecule has 0 radical (unpaired) electrons. The summed E-state index contributed by atoms with van der Waals surface area (Å²) in [6.07, 6.45) is 5.52. The third-order valence-corrected chi connectivity index (χ3v) is 4.88. The van der Waals surface area contributed by atoms with Crippen molar-refractivity contribution in [3.05, 3.63) is 18.5 Å². The van der Waals surface area contributed by atoms with Gasteiger partial charge in [0.15, 0.2) is 5.82 Å². The molecule has 0 amide bonds. The summed E-state index contributed by atoms with van der Waals surface area (Å²) in [4.78, 5) is 4.95. The highest BCUT2D eigenvalue weighted by Gasteiger charge is 2.28. The molecule has 0 bridgehead atoms. The zero-order valence-corrected chi connectivity index (χ0v) is 14.1. The number of hydrogen-bond donors (Lipinski definition) is 0. The second-order valence-corrected chi connectivity index (χ2v) is 6.40. The Kier molecular flexibility index (Phi) is 5.75. The average molecular weight is 320 g/mol. The maximum Gasteiger partial charge on any atom is 0.168 e. The van der Waals surface area contributed by atoms with Gasteiger partial charge < -0.3 is 4.74 Å². The van der Waals surface area contributed by atoms with E-state index in [1.165, 1.54) is 0 Å². The Morgan fingerprint density at radius 2 is 2.17 bits per heavy atom. The molecule has 128 valence electrons. The molecule has 0 aliphatic carbocycles. The van der Waals surface area contributed by atoms with E-state index in [1.54, 1.807) is 0 Å². The Labute approximate surface area is 138 Å². The summed E-state index contributed by atoms with van der Waals surface area (Å²) in [5, 5.41) is 12.5. The predicted octanol–water partition coefficient (Wildman–Crippen LogP) is 1.11. The molecule has 2 unspecified atom stereocenters. The van der Waals surface area contributed by atoms with Crippen molar-refractivity contribution in [1.29, 1.82) is 0 Å². The van der Waals surface area contributed by atoms with Crippen LogP contribution in [-0.2, 0) is 11.3 Å². The maximum absolute atomic E-state index is 5.74. The van der Waals surface area contributed by atoms with Crippen molar-refractivity contribution in [3.63, 3.8) is 0 Å². The van der Waals surface area contributed by atoms with Gasteiger partial charge in [-0.3, -0.25) is 9.80 Å². The molecule has 2 fully saturated rings. The van der Waals surface area contributed by atoms with Crippen LogP contribution in [0.1, 0.15) is 38.1 Å². The topological polar surface area (TPSA) is 59.3 Å². The fourth-order valence-electron chi connectivity index (χ4n) is 3.61. The van der Waals surface area contributed by atoms with Crippen molar-refractivity contribution in [3.8, 4) is 0 Å². The van der Waals surface area contributed by atoms with Gasteiger partial charge >= 0.3 is 0 Å². The molecule has 0 N–H and O–H groups in total. The molecular formula is C16H28N6O. The van der Waals surface area contributed by atoms with Crippen LogP contribution in [0.3, 0.4) is 0 Å². The van der Waals surface area contributed by atoms with E-state index >= 15 is 0 Å². The quantitative estimate of drug-likeness (QED) is 0.701. The molecule has 2 aliphatic rings. The summed E-state index contributed by atoms with van der Waals surface area (Å²) >= 11 is 0. The minimum Gasteiger partial charge on any atom is -0.376 e. The summed E-state index contributed by atoms with van der Waals surface area (Å²) < 4.78 is 7.69. The molecule has 1 aromatic rings. The van der Waals surface area contributed by atoms with Crippen molar-refractivity contribution in [2.24, 2.45) is 0 Å². The van der Waals surface area contributed by atoms with Crippen LogP contribution in [0.15, 0.2) is 12.7 Å². The predicted molar refractivity (Wildman–Crippen MR) is 88.0 cm³/mol. The number of nitrogens with zero attached hydrogens (tertiary/aromatic N) is 6. The molecule has 2 saturated heterocycles. The Morgan fingerprint density at radius 3 is 2.83 bits per heavy atom. The van der Waals surface area contributed by atoms with Crippen molar-refractivity contribution in [2.75, 3.05) is 39.3 Å². The van der Waals surface area contributed by atoms with E-state index in [9.17, 15) is 0 Å². The van der Waals surface area contributed by atoms with Gasteiger partial charge in [-0.05, 0) is 29.7 Å². The number of tetrazole rings is 1. The molecule has 23 heavy (non-hydrogen) atoms. The summed E-state index contributed by atoms with van der Waals surface area (Å²) in [6, 6.07) is 0.289. The van der Waals surface area contributed by atoms with Crippen LogP contribution >= 0.6 is 0 Å². The van der Waals surface area contributed by atoms with Crippen LogP contribution in [0.2, 0.25) is 0 Å². The maximum atomic E-state index is 5.74. The van der Waals surface area contributed by atoms with Crippen LogP contribution < -0.4 is 0 Å². The smallest absolute Gasteiger partial charge is 0.168 e. The number of aromatic nitrogens is 4. The normalized spacial score (nSPS) is 24.8. The zero-order valence-electron chi connectivity index (χ0n) is 14.1. The monoisotopic (exact) mass is 320 g/mol.